The summed E-state index contributed by atoms with van der Waals surface area (Å²) in [5, 5.41) is 2.45. The van der Waals surface area contributed by atoms with Crippen LogP contribution in [-0.4, -0.2) is 29.3 Å². The zero-order chi connectivity index (χ0) is 27.4. The molecule has 10 heteroatoms. The lowest BCUT2D eigenvalue weighted by Gasteiger charge is -2.17. The van der Waals surface area contributed by atoms with Crippen LogP contribution in [0.15, 0.2) is 65.6 Å². The number of carbonyl (C=O) groups is 3. The molecule has 3 aromatic carbocycles. The predicted molar refractivity (Wildman–Crippen MR) is 136 cm³/mol. The quantitative estimate of drug-likeness (QED) is 0.257. The molecule has 194 valence electrons. The van der Waals surface area contributed by atoms with Gasteiger partial charge in [0.1, 0.15) is 28.7 Å². The van der Waals surface area contributed by atoms with E-state index in [1.165, 1.54) is 29.7 Å². The number of fused-ring (bicyclic) bond motifs is 1. The second-order valence-electron chi connectivity index (χ2n) is 8.22. The first-order valence-corrected chi connectivity index (χ1v) is 11.5. The van der Waals surface area contributed by atoms with Gasteiger partial charge in [0.15, 0.2) is 6.29 Å². The maximum absolute atomic E-state index is 14.4. The molecule has 0 spiro atoms. The summed E-state index contributed by atoms with van der Waals surface area (Å²) in [4.78, 5) is 49.5. The number of aromatic nitrogens is 1. The van der Waals surface area contributed by atoms with Crippen molar-refractivity contribution in [1.82, 2.24) is 4.57 Å². The molecule has 0 saturated carbocycles. The van der Waals surface area contributed by atoms with Gasteiger partial charge in [-0.1, -0.05) is 6.07 Å². The van der Waals surface area contributed by atoms with E-state index in [4.69, 9.17) is 9.47 Å². The summed E-state index contributed by atoms with van der Waals surface area (Å²) in [5.41, 5.74) is -0.970. The highest BCUT2D eigenvalue weighted by molar-refractivity contribution is 6.02. The van der Waals surface area contributed by atoms with Crippen LogP contribution in [-0.2, 0) is 16.1 Å². The van der Waals surface area contributed by atoms with E-state index in [2.05, 4.69) is 5.32 Å². The van der Waals surface area contributed by atoms with E-state index >= 15 is 0 Å². The first-order valence-electron chi connectivity index (χ1n) is 11.5. The lowest BCUT2D eigenvalue weighted by atomic mass is 10.0. The zero-order valence-electron chi connectivity index (χ0n) is 20.4. The van der Waals surface area contributed by atoms with Crippen LogP contribution in [0.2, 0.25) is 0 Å². The number of pyridine rings is 1. The van der Waals surface area contributed by atoms with Crippen molar-refractivity contribution in [3.05, 3.63) is 99.3 Å². The van der Waals surface area contributed by atoms with E-state index in [1.54, 1.807) is 31.2 Å². The van der Waals surface area contributed by atoms with Gasteiger partial charge >= 0.3 is 5.97 Å². The van der Waals surface area contributed by atoms with Gasteiger partial charge in [-0.3, -0.25) is 14.4 Å². The Labute approximate surface area is 215 Å². The Hall–Kier alpha value is -4.86. The number of ether oxygens (including phenoxy) is 2. The second-order valence-corrected chi connectivity index (χ2v) is 8.22. The fraction of sp³-hybridized carbons (Fsp3) is 0.143. The second kappa shape index (κ2) is 11.0. The molecule has 0 unspecified atom stereocenters. The molecule has 0 saturated heterocycles. The molecular formula is C28H22F2N2O6. The van der Waals surface area contributed by atoms with Crippen molar-refractivity contribution < 1.29 is 32.6 Å². The number of hydrogen-bond donors (Lipinski definition) is 1. The highest BCUT2D eigenvalue weighted by Gasteiger charge is 2.22. The summed E-state index contributed by atoms with van der Waals surface area (Å²) in [7, 11) is 0. The SMILES string of the molecule is CCOC(=O)c1cn(Cc2c(F)cccc2F)c2ccc(Oc3ccc(NC(C)=O)cc3)c(C=O)c2c1=O. The van der Waals surface area contributed by atoms with Crippen LogP contribution in [0.3, 0.4) is 0 Å². The van der Waals surface area contributed by atoms with Gasteiger partial charge in [-0.05, 0) is 55.5 Å². The smallest absolute Gasteiger partial charge is 0.343 e. The van der Waals surface area contributed by atoms with Crippen molar-refractivity contribution in [2.75, 3.05) is 11.9 Å². The maximum atomic E-state index is 14.4. The lowest BCUT2D eigenvalue weighted by molar-refractivity contribution is -0.114. The topological polar surface area (TPSA) is 104 Å². The number of aldehydes is 1. The number of esters is 1. The molecule has 0 aliphatic heterocycles. The van der Waals surface area contributed by atoms with Crippen LogP contribution in [0.4, 0.5) is 14.5 Å². The Kier molecular flexibility index (Phi) is 7.61. The van der Waals surface area contributed by atoms with Gasteiger partial charge in [-0.25, -0.2) is 13.6 Å². The molecule has 1 amide bonds. The highest BCUT2D eigenvalue weighted by atomic mass is 19.1. The fourth-order valence-corrected chi connectivity index (χ4v) is 3.97. The molecule has 0 radical (unpaired) electrons. The van der Waals surface area contributed by atoms with Crippen molar-refractivity contribution >= 4 is 34.8 Å². The molecule has 4 aromatic rings. The number of rotatable bonds is 8. The van der Waals surface area contributed by atoms with Crippen molar-refractivity contribution in [2.24, 2.45) is 0 Å². The predicted octanol–water partition coefficient (Wildman–Crippen LogP) is 5.07. The first kappa shape index (κ1) is 26.2. The van der Waals surface area contributed by atoms with Crippen molar-refractivity contribution in [3.63, 3.8) is 0 Å². The van der Waals surface area contributed by atoms with Gasteiger partial charge in [0.25, 0.3) is 0 Å². The van der Waals surface area contributed by atoms with Gasteiger partial charge < -0.3 is 19.4 Å². The van der Waals surface area contributed by atoms with E-state index < -0.39 is 28.6 Å². The highest BCUT2D eigenvalue weighted by Crippen LogP contribution is 2.31. The van der Waals surface area contributed by atoms with Crippen LogP contribution < -0.4 is 15.5 Å². The third kappa shape index (κ3) is 5.29. The summed E-state index contributed by atoms with van der Waals surface area (Å²) in [5.74, 6) is -2.50. The monoisotopic (exact) mass is 520 g/mol. The molecular weight excluding hydrogens is 498 g/mol. The minimum atomic E-state index is -0.945. The Bertz CT molecular complexity index is 1590. The number of anilines is 1. The molecule has 4 rings (SSSR count). The number of amides is 1. The molecule has 8 nitrogen and oxygen atoms in total. The number of nitrogens with zero attached hydrogens (tertiary/aromatic N) is 1. The van der Waals surface area contributed by atoms with Crippen molar-refractivity contribution in [1.29, 1.82) is 0 Å². The molecule has 1 heterocycles. The van der Waals surface area contributed by atoms with Gasteiger partial charge in [-0.2, -0.15) is 0 Å². The number of hydrogen-bond acceptors (Lipinski definition) is 6. The summed E-state index contributed by atoms with van der Waals surface area (Å²) in [6.45, 7) is 2.54. The Morgan fingerprint density at radius 3 is 2.32 bits per heavy atom. The summed E-state index contributed by atoms with van der Waals surface area (Å²) >= 11 is 0. The van der Waals surface area contributed by atoms with E-state index in [-0.39, 0.29) is 46.8 Å². The number of nitrogens with one attached hydrogen (secondary N) is 1. The molecule has 38 heavy (non-hydrogen) atoms. The van der Waals surface area contributed by atoms with E-state index in [1.807, 2.05) is 0 Å². The van der Waals surface area contributed by atoms with E-state index in [9.17, 15) is 28.0 Å². The van der Waals surface area contributed by atoms with Crippen LogP contribution in [0, 0.1) is 11.6 Å². The Morgan fingerprint density at radius 2 is 1.71 bits per heavy atom. The third-order valence-electron chi connectivity index (χ3n) is 5.66. The number of halogens is 2. The van der Waals surface area contributed by atoms with Gasteiger partial charge in [0, 0.05) is 24.4 Å². The van der Waals surface area contributed by atoms with Crippen LogP contribution in [0.1, 0.15) is 40.1 Å². The van der Waals surface area contributed by atoms with E-state index in [0.717, 1.165) is 18.3 Å². The van der Waals surface area contributed by atoms with Crippen molar-refractivity contribution in [3.8, 4) is 11.5 Å². The van der Waals surface area contributed by atoms with E-state index in [0.29, 0.717) is 17.7 Å². The Balaban J connectivity index is 1.88. The standard InChI is InChI=1S/C28H22F2N2O6/c1-3-37-28(36)20-14-32(13-19-22(29)5-4-6-23(19)30)24-11-12-25(21(15-33)26(24)27(20)35)38-18-9-7-17(8-10-18)31-16(2)34/h4-12,14-15H,3,13H2,1-2H3,(H,31,34). The maximum Gasteiger partial charge on any atom is 0.343 e. The minimum absolute atomic E-state index is 0.0153. The number of benzene rings is 3. The normalized spacial score (nSPS) is 10.7. The lowest BCUT2D eigenvalue weighted by Crippen LogP contribution is -2.22. The molecule has 0 atom stereocenters. The molecule has 1 aromatic heterocycles. The first-order chi connectivity index (χ1) is 18.2. The summed E-state index contributed by atoms with van der Waals surface area (Å²) in [6, 6.07) is 12.6. The number of carbonyl (C=O) groups excluding carboxylic acids is 3. The summed E-state index contributed by atoms with van der Waals surface area (Å²) < 4.78 is 41.0. The zero-order valence-corrected chi connectivity index (χ0v) is 20.4. The molecule has 0 bridgehead atoms. The molecule has 0 aliphatic rings. The van der Waals surface area contributed by atoms with Crippen LogP contribution in [0.5, 0.6) is 11.5 Å². The van der Waals surface area contributed by atoms with Crippen LogP contribution >= 0.6 is 0 Å². The summed E-state index contributed by atoms with van der Waals surface area (Å²) in [6.07, 6.45) is 1.57. The molecule has 0 aliphatic carbocycles. The van der Waals surface area contributed by atoms with Crippen molar-refractivity contribution in [2.45, 2.75) is 20.4 Å². The van der Waals surface area contributed by atoms with Gasteiger partial charge in [0.2, 0.25) is 11.3 Å². The average molecular weight is 520 g/mol. The minimum Gasteiger partial charge on any atom is -0.462 e. The van der Waals surface area contributed by atoms with Crippen LogP contribution in [0.25, 0.3) is 10.9 Å². The molecule has 1 N–H and O–H groups in total. The third-order valence-corrected chi connectivity index (χ3v) is 5.66. The average Bonchev–Trinajstić information content (AvgIpc) is 2.88. The fourth-order valence-electron chi connectivity index (χ4n) is 3.97. The molecule has 0 fully saturated rings. The van der Waals surface area contributed by atoms with Gasteiger partial charge in [-0.15, -0.1) is 0 Å². The largest absolute Gasteiger partial charge is 0.462 e. The van der Waals surface area contributed by atoms with Gasteiger partial charge in [0.05, 0.1) is 29.6 Å². The Morgan fingerprint density at radius 1 is 1.03 bits per heavy atom.